The van der Waals surface area contributed by atoms with Crippen LogP contribution in [0.15, 0.2) is 58.8 Å². The molecule has 0 fully saturated rings. The van der Waals surface area contributed by atoms with Crippen LogP contribution in [0.1, 0.15) is 26.3 Å². The van der Waals surface area contributed by atoms with Crippen molar-refractivity contribution in [2.24, 2.45) is 5.10 Å². The van der Waals surface area contributed by atoms with Crippen LogP contribution >= 0.6 is 11.8 Å². The number of carbonyl (C=O) groups is 2. The molecule has 1 amide bonds. The first-order valence-electron chi connectivity index (χ1n) is 9.18. The van der Waals surface area contributed by atoms with Gasteiger partial charge in [0, 0.05) is 13.5 Å². The number of amides is 1. The predicted molar refractivity (Wildman–Crippen MR) is 114 cm³/mol. The minimum atomic E-state index is -0.371. The largest absolute Gasteiger partial charge is 0.427 e. The highest BCUT2D eigenvalue weighted by Gasteiger charge is 2.11. The zero-order valence-corrected chi connectivity index (χ0v) is 17.3. The molecule has 7 nitrogen and oxygen atoms in total. The van der Waals surface area contributed by atoms with Crippen molar-refractivity contribution in [3.8, 4) is 5.75 Å². The first-order chi connectivity index (χ1) is 14.0. The van der Waals surface area contributed by atoms with E-state index in [1.54, 1.807) is 31.2 Å². The van der Waals surface area contributed by atoms with E-state index in [2.05, 4.69) is 27.0 Å². The van der Waals surface area contributed by atoms with Gasteiger partial charge in [-0.3, -0.25) is 9.59 Å². The molecule has 0 saturated heterocycles. The fourth-order valence-corrected chi connectivity index (χ4v) is 3.64. The number of aryl methyl sites for hydroxylation is 1. The van der Waals surface area contributed by atoms with Gasteiger partial charge in [0.2, 0.25) is 0 Å². The molecule has 1 aromatic heterocycles. The average molecular weight is 410 g/mol. The van der Waals surface area contributed by atoms with Crippen molar-refractivity contribution < 1.29 is 14.3 Å². The van der Waals surface area contributed by atoms with Gasteiger partial charge in [0.1, 0.15) is 5.75 Å². The summed E-state index contributed by atoms with van der Waals surface area (Å²) in [6, 6.07) is 14.8. The van der Waals surface area contributed by atoms with E-state index < -0.39 is 0 Å². The van der Waals surface area contributed by atoms with Crippen LogP contribution in [0.4, 0.5) is 0 Å². The van der Waals surface area contributed by atoms with Gasteiger partial charge in [-0.25, -0.2) is 10.4 Å². The lowest BCUT2D eigenvalue weighted by Gasteiger charge is -2.06. The molecular formula is C21H22N4O3S. The average Bonchev–Trinajstić information content (AvgIpc) is 3.08. The highest BCUT2D eigenvalue weighted by atomic mass is 32.2. The Morgan fingerprint density at radius 1 is 1.14 bits per heavy atom. The quantitative estimate of drug-likeness (QED) is 0.211. The SMILES string of the molecule is CCn1c(SCC(=O)N/N=C(\C)c2ccc(OC(C)=O)cc2)nc2ccccc21. The highest BCUT2D eigenvalue weighted by molar-refractivity contribution is 7.99. The van der Waals surface area contributed by atoms with Crippen LogP contribution in [-0.2, 0) is 16.1 Å². The van der Waals surface area contributed by atoms with Crippen LogP contribution in [0.3, 0.4) is 0 Å². The molecule has 0 aliphatic rings. The zero-order valence-electron chi connectivity index (χ0n) is 16.5. The van der Waals surface area contributed by atoms with Crippen molar-refractivity contribution in [2.45, 2.75) is 32.5 Å². The predicted octanol–water partition coefficient (Wildman–Crippen LogP) is 3.61. The molecule has 0 aliphatic heterocycles. The number of ether oxygens (including phenoxy) is 1. The first kappa shape index (κ1) is 20.6. The third kappa shape index (κ3) is 5.23. The standard InChI is InChI=1S/C21H22N4O3S/c1-4-25-19-8-6-5-7-18(19)22-21(25)29-13-20(27)24-23-14(2)16-9-11-17(12-10-16)28-15(3)26/h5-12H,4,13H2,1-3H3,(H,24,27)/b23-14+. The number of hydrogen-bond acceptors (Lipinski definition) is 6. The van der Waals surface area contributed by atoms with E-state index in [0.29, 0.717) is 11.5 Å². The Balaban J connectivity index is 1.59. The van der Waals surface area contributed by atoms with Gasteiger partial charge in [-0.1, -0.05) is 23.9 Å². The molecule has 3 aromatic rings. The summed E-state index contributed by atoms with van der Waals surface area (Å²) >= 11 is 1.38. The molecule has 1 N–H and O–H groups in total. The molecule has 1 heterocycles. The number of esters is 1. The van der Waals surface area contributed by atoms with Crippen molar-refractivity contribution in [3.63, 3.8) is 0 Å². The second-order valence-electron chi connectivity index (χ2n) is 6.27. The highest BCUT2D eigenvalue weighted by Crippen LogP contribution is 2.23. The number of nitrogens with zero attached hydrogens (tertiary/aromatic N) is 3. The minimum Gasteiger partial charge on any atom is -0.427 e. The van der Waals surface area contributed by atoms with Crippen LogP contribution in [0.5, 0.6) is 5.75 Å². The first-order valence-corrected chi connectivity index (χ1v) is 10.2. The van der Waals surface area contributed by atoms with E-state index >= 15 is 0 Å². The third-order valence-corrected chi connectivity index (χ3v) is 5.13. The van der Waals surface area contributed by atoms with E-state index in [9.17, 15) is 9.59 Å². The molecule has 29 heavy (non-hydrogen) atoms. The van der Waals surface area contributed by atoms with E-state index in [1.807, 2.05) is 24.3 Å². The summed E-state index contributed by atoms with van der Waals surface area (Å²) in [6.07, 6.45) is 0. The lowest BCUT2D eigenvalue weighted by Crippen LogP contribution is -2.21. The van der Waals surface area contributed by atoms with Gasteiger partial charge in [-0.2, -0.15) is 5.10 Å². The van der Waals surface area contributed by atoms with Crippen LogP contribution in [-0.4, -0.2) is 32.9 Å². The summed E-state index contributed by atoms with van der Waals surface area (Å²) in [5.74, 6) is 0.101. The number of fused-ring (bicyclic) bond motifs is 1. The van der Waals surface area contributed by atoms with Crippen molar-refractivity contribution in [1.82, 2.24) is 15.0 Å². The van der Waals surface area contributed by atoms with Crippen molar-refractivity contribution in [2.75, 3.05) is 5.75 Å². The zero-order chi connectivity index (χ0) is 20.8. The number of thioether (sulfide) groups is 1. The topological polar surface area (TPSA) is 85.6 Å². The summed E-state index contributed by atoms with van der Waals surface area (Å²) in [4.78, 5) is 27.8. The lowest BCUT2D eigenvalue weighted by molar-refractivity contribution is -0.131. The van der Waals surface area contributed by atoms with Gasteiger partial charge in [0.25, 0.3) is 5.91 Å². The van der Waals surface area contributed by atoms with Gasteiger partial charge in [0.05, 0.1) is 22.5 Å². The number of hydrazone groups is 1. The maximum absolute atomic E-state index is 12.2. The monoisotopic (exact) mass is 410 g/mol. The molecule has 2 aromatic carbocycles. The summed E-state index contributed by atoms with van der Waals surface area (Å²) in [5.41, 5.74) is 6.03. The fraction of sp³-hybridized carbons (Fsp3) is 0.238. The number of carbonyl (C=O) groups excluding carboxylic acids is 2. The number of rotatable bonds is 7. The van der Waals surface area contributed by atoms with Crippen molar-refractivity contribution in [3.05, 3.63) is 54.1 Å². The van der Waals surface area contributed by atoms with Crippen LogP contribution in [0.25, 0.3) is 11.0 Å². The molecule has 150 valence electrons. The summed E-state index contributed by atoms with van der Waals surface area (Å²) in [5, 5.41) is 4.96. The fourth-order valence-electron chi connectivity index (χ4n) is 2.77. The maximum Gasteiger partial charge on any atom is 0.308 e. The number of nitrogens with one attached hydrogen (secondary N) is 1. The lowest BCUT2D eigenvalue weighted by atomic mass is 10.1. The summed E-state index contributed by atoms with van der Waals surface area (Å²) in [7, 11) is 0. The minimum absolute atomic E-state index is 0.208. The second kappa shape index (κ2) is 9.38. The van der Waals surface area contributed by atoms with Gasteiger partial charge in [-0.15, -0.1) is 0 Å². The Labute approximate surface area is 173 Å². The van der Waals surface area contributed by atoms with Crippen LogP contribution in [0, 0.1) is 0 Å². The number of aromatic nitrogens is 2. The van der Waals surface area contributed by atoms with Crippen LogP contribution < -0.4 is 10.2 Å². The van der Waals surface area contributed by atoms with Gasteiger partial charge in [0.15, 0.2) is 5.16 Å². The van der Waals surface area contributed by atoms with E-state index in [0.717, 1.165) is 28.3 Å². The molecule has 0 aliphatic carbocycles. The normalized spacial score (nSPS) is 11.5. The molecule has 0 unspecified atom stereocenters. The smallest absolute Gasteiger partial charge is 0.308 e. The van der Waals surface area contributed by atoms with Gasteiger partial charge < -0.3 is 9.30 Å². The van der Waals surface area contributed by atoms with E-state index in [-0.39, 0.29) is 17.6 Å². The Kier molecular flexibility index (Phi) is 6.66. The number of imidazole rings is 1. The summed E-state index contributed by atoms with van der Waals surface area (Å²) in [6.45, 7) is 5.98. The van der Waals surface area contributed by atoms with Crippen molar-refractivity contribution in [1.29, 1.82) is 0 Å². The molecular weight excluding hydrogens is 388 g/mol. The van der Waals surface area contributed by atoms with E-state index in [4.69, 9.17) is 4.74 Å². The number of para-hydroxylation sites is 2. The Hall–Kier alpha value is -3.13. The number of benzene rings is 2. The molecule has 0 spiro atoms. The summed E-state index contributed by atoms with van der Waals surface area (Å²) < 4.78 is 7.09. The molecule has 0 radical (unpaired) electrons. The second-order valence-corrected chi connectivity index (χ2v) is 7.21. The van der Waals surface area contributed by atoms with Crippen LogP contribution in [0.2, 0.25) is 0 Å². The maximum atomic E-state index is 12.2. The Bertz CT molecular complexity index is 1060. The molecule has 8 heteroatoms. The van der Waals surface area contributed by atoms with E-state index in [1.165, 1.54) is 18.7 Å². The van der Waals surface area contributed by atoms with Crippen molar-refractivity contribution >= 4 is 40.4 Å². The van der Waals surface area contributed by atoms with Gasteiger partial charge in [-0.05, 0) is 55.8 Å². The molecule has 0 bridgehead atoms. The third-order valence-electron chi connectivity index (χ3n) is 4.15. The molecule has 0 atom stereocenters. The number of hydrogen-bond donors (Lipinski definition) is 1. The van der Waals surface area contributed by atoms with Gasteiger partial charge >= 0.3 is 5.97 Å². The Morgan fingerprint density at radius 2 is 1.86 bits per heavy atom. The molecule has 3 rings (SSSR count). The molecule has 0 saturated carbocycles. The Morgan fingerprint density at radius 3 is 2.55 bits per heavy atom.